The summed E-state index contributed by atoms with van der Waals surface area (Å²) in [6.45, 7) is 10.3. The van der Waals surface area contributed by atoms with Crippen LogP contribution in [-0.4, -0.2) is 60.2 Å². The molecule has 0 spiro atoms. The van der Waals surface area contributed by atoms with E-state index < -0.39 is 5.60 Å². The largest absolute Gasteiger partial charge is 0.494 e. The van der Waals surface area contributed by atoms with Crippen molar-refractivity contribution >= 4 is 12.0 Å². The summed E-state index contributed by atoms with van der Waals surface area (Å²) in [6.07, 6.45) is 0.421. The van der Waals surface area contributed by atoms with E-state index in [1.165, 1.54) is 0 Å². The van der Waals surface area contributed by atoms with E-state index in [-0.39, 0.29) is 12.0 Å². The van der Waals surface area contributed by atoms with Crippen LogP contribution in [0.15, 0.2) is 24.3 Å². The Morgan fingerprint density at radius 2 is 1.60 bits per heavy atom. The van der Waals surface area contributed by atoms with Crippen LogP contribution in [0.5, 0.6) is 5.75 Å². The van der Waals surface area contributed by atoms with Crippen molar-refractivity contribution in [2.24, 2.45) is 0 Å². The molecule has 6 nitrogen and oxygen atoms in total. The van der Waals surface area contributed by atoms with Crippen LogP contribution in [0, 0.1) is 0 Å². The molecule has 138 valence electrons. The number of ether oxygens (including phenoxy) is 2. The summed E-state index contributed by atoms with van der Waals surface area (Å²) in [4.78, 5) is 28.3. The lowest BCUT2D eigenvalue weighted by molar-refractivity contribution is 0.0255. The van der Waals surface area contributed by atoms with Crippen molar-refractivity contribution in [3.63, 3.8) is 0 Å². The summed E-state index contributed by atoms with van der Waals surface area (Å²) in [5.74, 6) is 0.736. The highest BCUT2D eigenvalue weighted by Gasteiger charge is 2.26. The van der Waals surface area contributed by atoms with Gasteiger partial charge in [0, 0.05) is 31.7 Å². The molecular formula is C19H28N2O4. The highest BCUT2D eigenvalue weighted by molar-refractivity contribution is 5.94. The highest BCUT2D eigenvalue weighted by atomic mass is 16.6. The van der Waals surface area contributed by atoms with E-state index in [0.29, 0.717) is 38.3 Å². The quantitative estimate of drug-likeness (QED) is 0.842. The lowest BCUT2D eigenvalue weighted by Gasteiger charge is -2.26. The maximum atomic E-state index is 12.7. The Hall–Kier alpha value is -2.24. The van der Waals surface area contributed by atoms with E-state index in [4.69, 9.17) is 9.47 Å². The summed E-state index contributed by atoms with van der Waals surface area (Å²) in [6, 6.07) is 7.18. The van der Waals surface area contributed by atoms with Crippen molar-refractivity contribution in [2.75, 3.05) is 32.8 Å². The van der Waals surface area contributed by atoms with Gasteiger partial charge in [0.2, 0.25) is 0 Å². The van der Waals surface area contributed by atoms with Crippen LogP contribution in [0.3, 0.4) is 0 Å². The van der Waals surface area contributed by atoms with Crippen molar-refractivity contribution in [2.45, 2.75) is 39.7 Å². The Bertz CT molecular complexity index is 592. The standard InChI is InChI=1S/C19H28N2O4/c1-5-24-16-9-7-15(8-10-16)17(22)20-11-6-12-21(14-13-20)18(23)25-19(2,3)4/h7-10H,5-6,11-14H2,1-4H3. The molecule has 1 heterocycles. The summed E-state index contributed by atoms with van der Waals surface area (Å²) >= 11 is 0. The van der Waals surface area contributed by atoms with Crippen LogP contribution in [0.4, 0.5) is 4.79 Å². The van der Waals surface area contributed by atoms with E-state index in [1.807, 2.05) is 39.8 Å². The third-order valence-corrected chi connectivity index (χ3v) is 3.85. The number of carbonyl (C=O) groups excluding carboxylic acids is 2. The van der Waals surface area contributed by atoms with Crippen molar-refractivity contribution < 1.29 is 19.1 Å². The fraction of sp³-hybridized carbons (Fsp3) is 0.579. The topological polar surface area (TPSA) is 59.1 Å². The molecule has 1 aliphatic heterocycles. The number of hydrogen-bond donors (Lipinski definition) is 0. The number of nitrogens with zero attached hydrogens (tertiary/aromatic N) is 2. The van der Waals surface area contributed by atoms with E-state index in [2.05, 4.69) is 0 Å². The minimum atomic E-state index is -0.513. The smallest absolute Gasteiger partial charge is 0.410 e. The second kappa shape index (κ2) is 8.23. The predicted octanol–water partition coefficient (Wildman–Crippen LogP) is 3.17. The van der Waals surface area contributed by atoms with Gasteiger partial charge in [0.05, 0.1) is 6.61 Å². The first kappa shape index (κ1) is 19.1. The Morgan fingerprint density at radius 1 is 1.00 bits per heavy atom. The summed E-state index contributed by atoms with van der Waals surface area (Å²) in [5, 5.41) is 0. The van der Waals surface area contributed by atoms with Gasteiger partial charge in [0.1, 0.15) is 11.4 Å². The van der Waals surface area contributed by atoms with Crippen molar-refractivity contribution in [1.82, 2.24) is 9.80 Å². The molecule has 0 unspecified atom stereocenters. The molecule has 1 aromatic rings. The van der Waals surface area contributed by atoms with Gasteiger partial charge in [-0.1, -0.05) is 0 Å². The fourth-order valence-corrected chi connectivity index (χ4v) is 2.67. The molecule has 0 atom stereocenters. The maximum absolute atomic E-state index is 12.7. The summed E-state index contributed by atoms with van der Waals surface area (Å²) in [5.41, 5.74) is 0.121. The third-order valence-electron chi connectivity index (χ3n) is 3.85. The number of amides is 2. The molecule has 6 heteroatoms. The van der Waals surface area contributed by atoms with Gasteiger partial charge in [-0.2, -0.15) is 0 Å². The molecule has 0 bridgehead atoms. The zero-order valence-electron chi connectivity index (χ0n) is 15.6. The van der Waals surface area contributed by atoms with Gasteiger partial charge < -0.3 is 19.3 Å². The van der Waals surface area contributed by atoms with E-state index in [0.717, 1.165) is 12.2 Å². The number of benzene rings is 1. The Balaban J connectivity index is 1.95. The van der Waals surface area contributed by atoms with Gasteiger partial charge in [0.25, 0.3) is 5.91 Å². The molecule has 0 aliphatic carbocycles. The number of carbonyl (C=O) groups is 2. The highest BCUT2D eigenvalue weighted by Crippen LogP contribution is 2.16. The molecule has 0 radical (unpaired) electrons. The minimum absolute atomic E-state index is 0.0194. The van der Waals surface area contributed by atoms with Gasteiger partial charge in [-0.3, -0.25) is 4.79 Å². The van der Waals surface area contributed by atoms with Crippen molar-refractivity contribution in [3.8, 4) is 5.75 Å². The predicted molar refractivity (Wildman–Crippen MR) is 95.9 cm³/mol. The lowest BCUT2D eigenvalue weighted by atomic mass is 10.2. The van der Waals surface area contributed by atoms with Gasteiger partial charge in [-0.05, 0) is 58.4 Å². The molecule has 0 aromatic heterocycles. The first-order chi connectivity index (χ1) is 11.8. The first-order valence-corrected chi connectivity index (χ1v) is 8.80. The van der Waals surface area contributed by atoms with E-state index in [9.17, 15) is 9.59 Å². The normalized spacial score (nSPS) is 15.5. The molecule has 1 fully saturated rings. The SMILES string of the molecule is CCOc1ccc(C(=O)N2CCCN(C(=O)OC(C)(C)C)CC2)cc1. The molecule has 1 aromatic carbocycles. The molecule has 1 saturated heterocycles. The van der Waals surface area contributed by atoms with Crippen LogP contribution < -0.4 is 4.74 Å². The summed E-state index contributed by atoms with van der Waals surface area (Å²) in [7, 11) is 0. The van der Waals surface area contributed by atoms with Gasteiger partial charge in [-0.15, -0.1) is 0 Å². The van der Waals surface area contributed by atoms with E-state index in [1.54, 1.807) is 21.9 Å². The van der Waals surface area contributed by atoms with E-state index >= 15 is 0 Å². The van der Waals surface area contributed by atoms with Crippen LogP contribution in [0.1, 0.15) is 44.5 Å². The maximum Gasteiger partial charge on any atom is 0.410 e. The third kappa shape index (κ3) is 5.66. The Kier molecular flexibility index (Phi) is 6.28. The van der Waals surface area contributed by atoms with Gasteiger partial charge in [-0.25, -0.2) is 4.79 Å². The minimum Gasteiger partial charge on any atom is -0.494 e. The average Bonchev–Trinajstić information content (AvgIpc) is 2.80. The molecule has 2 rings (SSSR count). The molecule has 2 amide bonds. The zero-order valence-corrected chi connectivity index (χ0v) is 15.6. The molecule has 0 saturated carbocycles. The molecule has 25 heavy (non-hydrogen) atoms. The van der Waals surface area contributed by atoms with Crippen LogP contribution in [0.25, 0.3) is 0 Å². The monoisotopic (exact) mass is 348 g/mol. The first-order valence-electron chi connectivity index (χ1n) is 8.80. The Labute approximate surface area is 149 Å². The van der Waals surface area contributed by atoms with Crippen LogP contribution in [-0.2, 0) is 4.74 Å². The second-order valence-corrected chi connectivity index (χ2v) is 7.07. The molecule has 1 aliphatic rings. The zero-order chi connectivity index (χ0) is 18.4. The molecule has 0 N–H and O–H groups in total. The average molecular weight is 348 g/mol. The Morgan fingerprint density at radius 3 is 2.20 bits per heavy atom. The van der Waals surface area contributed by atoms with Crippen molar-refractivity contribution in [3.05, 3.63) is 29.8 Å². The van der Waals surface area contributed by atoms with Gasteiger partial charge >= 0.3 is 6.09 Å². The van der Waals surface area contributed by atoms with Crippen molar-refractivity contribution in [1.29, 1.82) is 0 Å². The number of rotatable bonds is 3. The van der Waals surface area contributed by atoms with Crippen LogP contribution >= 0.6 is 0 Å². The van der Waals surface area contributed by atoms with Gasteiger partial charge in [0.15, 0.2) is 0 Å². The number of hydrogen-bond acceptors (Lipinski definition) is 4. The van der Waals surface area contributed by atoms with Crippen LogP contribution in [0.2, 0.25) is 0 Å². The molecular weight excluding hydrogens is 320 g/mol. The second-order valence-electron chi connectivity index (χ2n) is 7.07. The summed E-state index contributed by atoms with van der Waals surface area (Å²) < 4.78 is 10.8. The lowest BCUT2D eigenvalue weighted by Crippen LogP contribution is -2.40. The fourth-order valence-electron chi connectivity index (χ4n) is 2.67.